The predicted molar refractivity (Wildman–Crippen MR) is 77.0 cm³/mol. The second-order valence-electron chi connectivity index (χ2n) is 4.38. The van der Waals surface area contributed by atoms with Gasteiger partial charge in [-0.05, 0) is 31.4 Å². The molecule has 0 bridgehead atoms. The van der Waals surface area contributed by atoms with Crippen LogP contribution in [0.2, 0.25) is 0 Å². The van der Waals surface area contributed by atoms with Crippen LogP contribution in [0.5, 0.6) is 5.75 Å². The summed E-state index contributed by atoms with van der Waals surface area (Å²) in [6.45, 7) is 4.49. The molecule has 0 saturated heterocycles. The fourth-order valence-corrected chi connectivity index (χ4v) is 2.74. The maximum absolute atomic E-state index is 11.0. The van der Waals surface area contributed by atoms with Gasteiger partial charge in [-0.3, -0.25) is 4.79 Å². The summed E-state index contributed by atoms with van der Waals surface area (Å²) in [5.41, 5.74) is 2.48. The first-order valence-electron chi connectivity index (χ1n) is 6.35. The number of aldehydes is 1. The zero-order chi connectivity index (χ0) is 13.7. The lowest BCUT2D eigenvalue weighted by Crippen LogP contribution is -2.00. The number of carbonyl (C=O) groups excluding carboxylic acids is 1. The van der Waals surface area contributed by atoms with Crippen LogP contribution in [0.1, 0.15) is 40.0 Å². The lowest BCUT2D eigenvalue weighted by molar-refractivity contribution is 0.111. The first-order chi connectivity index (χ1) is 9.24. The van der Waals surface area contributed by atoms with Gasteiger partial charge in [-0.15, -0.1) is 11.3 Å². The Morgan fingerprint density at radius 1 is 1.42 bits per heavy atom. The molecule has 1 aromatic heterocycles. The van der Waals surface area contributed by atoms with E-state index in [0.717, 1.165) is 35.4 Å². The van der Waals surface area contributed by atoms with E-state index in [1.54, 1.807) is 17.4 Å². The topological polar surface area (TPSA) is 39.2 Å². The first-order valence-corrected chi connectivity index (χ1v) is 7.23. The number of rotatable bonds is 6. The van der Waals surface area contributed by atoms with Crippen molar-refractivity contribution in [3.8, 4) is 5.75 Å². The molecule has 1 heterocycles. The number of benzene rings is 1. The van der Waals surface area contributed by atoms with E-state index in [9.17, 15) is 4.79 Å². The van der Waals surface area contributed by atoms with Crippen molar-refractivity contribution in [1.29, 1.82) is 0 Å². The fraction of sp³-hybridized carbons (Fsp3) is 0.333. The van der Waals surface area contributed by atoms with E-state index in [0.29, 0.717) is 17.9 Å². The molecule has 0 fully saturated rings. The van der Waals surface area contributed by atoms with Crippen molar-refractivity contribution in [3.05, 3.63) is 45.4 Å². The van der Waals surface area contributed by atoms with Crippen molar-refractivity contribution in [1.82, 2.24) is 4.98 Å². The van der Waals surface area contributed by atoms with E-state index < -0.39 is 0 Å². The molecular formula is C15H17NO2S. The number of carbonyl (C=O) groups is 1. The van der Waals surface area contributed by atoms with Gasteiger partial charge >= 0.3 is 0 Å². The van der Waals surface area contributed by atoms with Gasteiger partial charge in [0.15, 0.2) is 6.29 Å². The lowest BCUT2D eigenvalue weighted by atomic mass is 10.1. The fourth-order valence-electron chi connectivity index (χ4n) is 1.86. The van der Waals surface area contributed by atoms with Crippen LogP contribution in [0.3, 0.4) is 0 Å². The predicted octanol–water partition coefficient (Wildman–Crippen LogP) is 3.80. The SMILES string of the molecule is CCCc1nc(COc2c(C)cccc2C=O)cs1. The summed E-state index contributed by atoms with van der Waals surface area (Å²) in [6.07, 6.45) is 2.93. The molecule has 2 aromatic rings. The number of ether oxygens (including phenoxy) is 1. The van der Waals surface area contributed by atoms with Crippen LogP contribution in [-0.4, -0.2) is 11.3 Å². The summed E-state index contributed by atoms with van der Waals surface area (Å²) < 4.78 is 5.75. The van der Waals surface area contributed by atoms with E-state index in [1.807, 2.05) is 24.4 Å². The van der Waals surface area contributed by atoms with Crippen LogP contribution < -0.4 is 4.74 Å². The molecule has 19 heavy (non-hydrogen) atoms. The molecule has 0 aliphatic carbocycles. The number of aromatic nitrogens is 1. The molecule has 0 saturated carbocycles. The number of para-hydroxylation sites is 1. The molecule has 4 heteroatoms. The molecule has 0 aliphatic heterocycles. The molecule has 0 N–H and O–H groups in total. The Kier molecular flexibility index (Phi) is 4.68. The molecule has 0 aliphatic rings. The molecule has 0 radical (unpaired) electrons. The van der Waals surface area contributed by atoms with E-state index in [2.05, 4.69) is 11.9 Å². The number of thiazole rings is 1. The third-order valence-corrected chi connectivity index (χ3v) is 3.75. The average molecular weight is 275 g/mol. The van der Waals surface area contributed by atoms with Gasteiger partial charge in [-0.1, -0.05) is 19.1 Å². The van der Waals surface area contributed by atoms with Gasteiger partial charge in [-0.25, -0.2) is 4.98 Å². The molecule has 0 amide bonds. The molecular weight excluding hydrogens is 258 g/mol. The van der Waals surface area contributed by atoms with E-state index in [4.69, 9.17) is 4.74 Å². The van der Waals surface area contributed by atoms with Crippen molar-refractivity contribution in [2.75, 3.05) is 0 Å². The third kappa shape index (κ3) is 3.41. The summed E-state index contributed by atoms with van der Waals surface area (Å²) in [6, 6.07) is 5.55. The highest BCUT2D eigenvalue weighted by Gasteiger charge is 2.08. The van der Waals surface area contributed by atoms with Gasteiger partial charge in [-0.2, -0.15) is 0 Å². The zero-order valence-corrected chi connectivity index (χ0v) is 12.0. The second kappa shape index (κ2) is 6.48. The number of aryl methyl sites for hydroxylation is 2. The highest BCUT2D eigenvalue weighted by atomic mass is 32.1. The summed E-state index contributed by atoms with van der Waals surface area (Å²) in [4.78, 5) is 15.5. The molecule has 0 unspecified atom stereocenters. The Labute approximate surface area is 117 Å². The molecule has 100 valence electrons. The van der Waals surface area contributed by atoms with E-state index >= 15 is 0 Å². The molecule has 0 spiro atoms. The summed E-state index contributed by atoms with van der Waals surface area (Å²) in [5, 5.41) is 3.16. The van der Waals surface area contributed by atoms with E-state index in [1.165, 1.54) is 0 Å². The van der Waals surface area contributed by atoms with Crippen LogP contribution in [0, 0.1) is 6.92 Å². The Balaban J connectivity index is 2.07. The number of hydrogen-bond donors (Lipinski definition) is 0. The highest BCUT2D eigenvalue weighted by Crippen LogP contribution is 2.23. The summed E-state index contributed by atoms with van der Waals surface area (Å²) in [7, 11) is 0. The van der Waals surface area contributed by atoms with Gasteiger partial charge in [0.2, 0.25) is 0 Å². The minimum atomic E-state index is 0.409. The standard InChI is InChI=1S/C15H17NO2S/c1-3-5-14-16-13(10-19-14)9-18-15-11(2)6-4-7-12(15)8-17/h4,6-8,10H,3,5,9H2,1-2H3. The first kappa shape index (κ1) is 13.7. The van der Waals surface area contributed by atoms with Gasteiger partial charge in [0, 0.05) is 5.38 Å². The molecule has 0 atom stereocenters. The van der Waals surface area contributed by atoms with Crippen molar-refractivity contribution in [3.63, 3.8) is 0 Å². The zero-order valence-electron chi connectivity index (χ0n) is 11.2. The van der Waals surface area contributed by atoms with Crippen LogP contribution in [-0.2, 0) is 13.0 Å². The Morgan fingerprint density at radius 3 is 3.00 bits per heavy atom. The van der Waals surface area contributed by atoms with Crippen molar-refractivity contribution >= 4 is 17.6 Å². The minimum Gasteiger partial charge on any atom is -0.486 e. The van der Waals surface area contributed by atoms with Gasteiger partial charge < -0.3 is 4.74 Å². The van der Waals surface area contributed by atoms with Crippen molar-refractivity contribution in [2.45, 2.75) is 33.3 Å². The molecule has 3 nitrogen and oxygen atoms in total. The average Bonchev–Trinajstić information content (AvgIpc) is 2.85. The van der Waals surface area contributed by atoms with Crippen LogP contribution in [0.25, 0.3) is 0 Å². The van der Waals surface area contributed by atoms with Crippen molar-refractivity contribution in [2.24, 2.45) is 0 Å². The monoisotopic (exact) mass is 275 g/mol. The maximum atomic E-state index is 11.0. The Bertz CT molecular complexity index is 563. The maximum Gasteiger partial charge on any atom is 0.153 e. The van der Waals surface area contributed by atoms with Crippen LogP contribution >= 0.6 is 11.3 Å². The second-order valence-corrected chi connectivity index (χ2v) is 5.33. The summed E-state index contributed by atoms with van der Waals surface area (Å²) >= 11 is 1.66. The smallest absolute Gasteiger partial charge is 0.153 e. The largest absolute Gasteiger partial charge is 0.486 e. The van der Waals surface area contributed by atoms with Gasteiger partial charge in [0.1, 0.15) is 12.4 Å². The quantitative estimate of drug-likeness (QED) is 0.753. The molecule has 1 aromatic carbocycles. The highest BCUT2D eigenvalue weighted by molar-refractivity contribution is 7.09. The minimum absolute atomic E-state index is 0.409. The lowest BCUT2D eigenvalue weighted by Gasteiger charge is -2.09. The van der Waals surface area contributed by atoms with E-state index in [-0.39, 0.29) is 0 Å². The number of nitrogens with zero attached hydrogens (tertiary/aromatic N) is 1. The van der Waals surface area contributed by atoms with Crippen molar-refractivity contribution < 1.29 is 9.53 Å². The third-order valence-electron chi connectivity index (χ3n) is 2.80. The Hall–Kier alpha value is -1.68. The Morgan fingerprint density at radius 2 is 2.26 bits per heavy atom. The number of hydrogen-bond acceptors (Lipinski definition) is 4. The van der Waals surface area contributed by atoms with Crippen LogP contribution in [0.15, 0.2) is 23.6 Å². The van der Waals surface area contributed by atoms with Gasteiger partial charge in [0.25, 0.3) is 0 Å². The van der Waals surface area contributed by atoms with Crippen LogP contribution in [0.4, 0.5) is 0 Å². The normalized spacial score (nSPS) is 10.4. The summed E-state index contributed by atoms with van der Waals surface area (Å²) in [5.74, 6) is 0.655. The molecule has 2 rings (SSSR count). The van der Waals surface area contributed by atoms with Gasteiger partial charge in [0.05, 0.1) is 16.3 Å².